The molecule has 5 rings (SSSR count). The number of amides is 1. The summed E-state index contributed by atoms with van der Waals surface area (Å²) >= 11 is 0. The molecule has 0 radical (unpaired) electrons. The zero-order chi connectivity index (χ0) is 24.4. The first-order valence-corrected chi connectivity index (χ1v) is 12.9. The van der Waals surface area contributed by atoms with Gasteiger partial charge in [0.1, 0.15) is 6.54 Å². The highest BCUT2D eigenvalue weighted by molar-refractivity contribution is 5.83. The van der Waals surface area contributed by atoms with Gasteiger partial charge in [0.25, 0.3) is 5.56 Å². The van der Waals surface area contributed by atoms with Gasteiger partial charge >= 0.3 is 0 Å². The van der Waals surface area contributed by atoms with Crippen LogP contribution in [0.1, 0.15) is 55.3 Å². The van der Waals surface area contributed by atoms with Crippen molar-refractivity contribution in [2.45, 2.75) is 77.5 Å². The van der Waals surface area contributed by atoms with Crippen LogP contribution >= 0.6 is 0 Å². The van der Waals surface area contributed by atoms with Crippen molar-refractivity contribution < 1.29 is 4.79 Å². The van der Waals surface area contributed by atoms with Crippen molar-refractivity contribution in [3.05, 3.63) is 57.8 Å². The van der Waals surface area contributed by atoms with Gasteiger partial charge in [0, 0.05) is 54.2 Å². The van der Waals surface area contributed by atoms with E-state index in [9.17, 15) is 9.59 Å². The molecule has 1 amide bonds. The van der Waals surface area contributed by atoms with E-state index in [2.05, 4.69) is 38.5 Å². The van der Waals surface area contributed by atoms with Crippen LogP contribution in [0.2, 0.25) is 0 Å². The van der Waals surface area contributed by atoms with Crippen molar-refractivity contribution >= 4 is 22.6 Å². The molecule has 2 aliphatic rings. The van der Waals surface area contributed by atoms with Gasteiger partial charge in [0.15, 0.2) is 5.82 Å². The number of fused-ring (bicyclic) bond motifs is 1. The minimum Gasteiger partial charge on any atom is -0.364 e. The van der Waals surface area contributed by atoms with Gasteiger partial charge in [-0.2, -0.15) is 0 Å². The largest absolute Gasteiger partial charge is 0.364 e. The first-order valence-electron chi connectivity index (χ1n) is 12.9. The van der Waals surface area contributed by atoms with Crippen LogP contribution in [0.3, 0.4) is 0 Å². The Labute approximate surface area is 206 Å². The fourth-order valence-electron chi connectivity index (χ4n) is 5.71. The van der Waals surface area contributed by atoms with Gasteiger partial charge < -0.3 is 15.6 Å². The quantitative estimate of drug-likeness (QED) is 0.463. The SMILES string of the molecule is Cc1c[nH]c2ccc(CNC(=O)Cn3c(C)cnc(NC[C@H]4CCCN4C4CCCC4)c3=O)cc12. The van der Waals surface area contributed by atoms with Crippen LogP contribution in [0.5, 0.6) is 0 Å². The Morgan fingerprint density at radius 3 is 2.83 bits per heavy atom. The lowest BCUT2D eigenvalue weighted by Crippen LogP contribution is -2.42. The van der Waals surface area contributed by atoms with Gasteiger partial charge in [-0.05, 0) is 69.3 Å². The van der Waals surface area contributed by atoms with Crippen molar-refractivity contribution in [3.63, 3.8) is 0 Å². The Bertz CT molecular complexity index is 1260. The molecule has 2 fully saturated rings. The molecule has 1 saturated carbocycles. The summed E-state index contributed by atoms with van der Waals surface area (Å²) in [5.74, 6) is 0.136. The lowest BCUT2D eigenvalue weighted by molar-refractivity contribution is -0.121. The second-order valence-electron chi connectivity index (χ2n) is 10.1. The average molecular weight is 477 g/mol. The van der Waals surface area contributed by atoms with Crippen LogP contribution in [0.25, 0.3) is 10.9 Å². The number of aromatic nitrogens is 3. The van der Waals surface area contributed by atoms with Gasteiger partial charge in [0.2, 0.25) is 5.91 Å². The smallest absolute Gasteiger partial charge is 0.293 e. The van der Waals surface area contributed by atoms with Crippen molar-refractivity contribution in [3.8, 4) is 0 Å². The molecular formula is C27H36N6O2. The van der Waals surface area contributed by atoms with E-state index < -0.39 is 0 Å². The molecule has 0 unspecified atom stereocenters. The lowest BCUT2D eigenvalue weighted by Gasteiger charge is -2.30. The highest BCUT2D eigenvalue weighted by Crippen LogP contribution is 2.30. The molecule has 1 atom stereocenters. The summed E-state index contributed by atoms with van der Waals surface area (Å²) in [7, 11) is 0. The van der Waals surface area contributed by atoms with Gasteiger partial charge in [0.05, 0.1) is 0 Å². The maximum absolute atomic E-state index is 13.1. The summed E-state index contributed by atoms with van der Waals surface area (Å²) in [6.07, 6.45) is 11.3. The van der Waals surface area contributed by atoms with Gasteiger partial charge in [-0.25, -0.2) is 4.98 Å². The Morgan fingerprint density at radius 2 is 2.00 bits per heavy atom. The number of benzene rings is 1. The van der Waals surface area contributed by atoms with Crippen molar-refractivity contribution in [2.75, 3.05) is 18.4 Å². The van der Waals surface area contributed by atoms with E-state index in [1.54, 1.807) is 6.20 Å². The summed E-state index contributed by atoms with van der Waals surface area (Å²) in [6.45, 7) is 6.14. The van der Waals surface area contributed by atoms with E-state index in [4.69, 9.17) is 0 Å². The van der Waals surface area contributed by atoms with E-state index in [0.29, 0.717) is 30.1 Å². The number of nitrogens with zero attached hydrogens (tertiary/aromatic N) is 3. The second kappa shape index (κ2) is 10.2. The summed E-state index contributed by atoms with van der Waals surface area (Å²) < 4.78 is 1.51. The Hall–Kier alpha value is -3.13. The van der Waals surface area contributed by atoms with Crippen molar-refractivity contribution in [1.82, 2.24) is 24.8 Å². The van der Waals surface area contributed by atoms with Crippen LogP contribution in [0, 0.1) is 13.8 Å². The molecule has 8 nitrogen and oxygen atoms in total. The molecule has 8 heteroatoms. The minimum absolute atomic E-state index is 0.0229. The molecule has 1 saturated heterocycles. The number of rotatable bonds is 8. The average Bonchev–Trinajstić information content (AvgIpc) is 3.61. The number of hydrogen-bond donors (Lipinski definition) is 3. The monoisotopic (exact) mass is 476 g/mol. The molecular weight excluding hydrogens is 440 g/mol. The van der Waals surface area contributed by atoms with Crippen LogP contribution in [-0.2, 0) is 17.9 Å². The molecule has 35 heavy (non-hydrogen) atoms. The van der Waals surface area contributed by atoms with E-state index in [1.807, 2.05) is 25.3 Å². The fraction of sp³-hybridized carbons (Fsp3) is 0.519. The summed E-state index contributed by atoms with van der Waals surface area (Å²) in [6, 6.07) is 7.25. The number of aromatic amines is 1. The molecule has 1 aromatic carbocycles. The Kier molecular flexibility index (Phi) is 6.90. The Balaban J connectivity index is 1.20. The van der Waals surface area contributed by atoms with E-state index in [-0.39, 0.29) is 18.0 Å². The first-order chi connectivity index (χ1) is 17.0. The topological polar surface area (TPSA) is 95.0 Å². The zero-order valence-electron chi connectivity index (χ0n) is 20.8. The number of carbonyl (C=O) groups excluding carboxylic acids is 1. The zero-order valence-corrected chi connectivity index (χ0v) is 20.8. The van der Waals surface area contributed by atoms with Gasteiger partial charge in [-0.15, -0.1) is 0 Å². The van der Waals surface area contributed by atoms with Crippen LogP contribution in [-0.4, -0.2) is 50.5 Å². The molecule has 3 N–H and O–H groups in total. The van der Waals surface area contributed by atoms with Crippen LogP contribution < -0.4 is 16.2 Å². The van der Waals surface area contributed by atoms with Crippen LogP contribution in [0.4, 0.5) is 5.82 Å². The molecule has 1 aliphatic carbocycles. The van der Waals surface area contributed by atoms with E-state index >= 15 is 0 Å². The standard InChI is InChI=1S/C27H36N6O2/c1-18-13-28-24-10-9-20(12-23(18)24)15-29-25(34)17-33-19(2)14-30-26(27(33)35)31-16-22-8-5-11-32(22)21-6-3-4-7-21/h9-10,12-14,21-22,28H,3-8,11,15-17H2,1-2H3,(H,29,34)(H,30,31)/t22-/m1/s1. The number of nitrogens with one attached hydrogen (secondary N) is 3. The summed E-state index contributed by atoms with van der Waals surface area (Å²) in [4.78, 5) is 36.1. The maximum Gasteiger partial charge on any atom is 0.293 e. The third kappa shape index (κ3) is 5.12. The molecule has 3 aromatic rings. The maximum atomic E-state index is 13.1. The summed E-state index contributed by atoms with van der Waals surface area (Å²) in [5, 5.41) is 7.42. The second-order valence-corrected chi connectivity index (χ2v) is 10.1. The van der Waals surface area contributed by atoms with Crippen molar-refractivity contribution in [2.24, 2.45) is 0 Å². The number of aryl methyl sites for hydroxylation is 2. The van der Waals surface area contributed by atoms with Gasteiger partial charge in [-0.3, -0.25) is 19.1 Å². The summed E-state index contributed by atoms with van der Waals surface area (Å²) in [5.41, 5.74) is 3.72. The number of likely N-dealkylation sites (tertiary alicyclic amines) is 1. The molecule has 1 aliphatic heterocycles. The van der Waals surface area contributed by atoms with E-state index in [1.165, 1.54) is 42.2 Å². The van der Waals surface area contributed by atoms with Crippen molar-refractivity contribution in [1.29, 1.82) is 0 Å². The Morgan fingerprint density at radius 1 is 1.17 bits per heavy atom. The third-order valence-electron chi connectivity index (χ3n) is 7.72. The number of H-pyrrole nitrogens is 1. The molecule has 0 spiro atoms. The predicted molar refractivity (Wildman–Crippen MR) is 139 cm³/mol. The molecule has 0 bridgehead atoms. The molecule has 186 valence electrons. The third-order valence-corrected chi connectivity index (χ3v) is 7.72. The predicted octanol–water partition coefficient (Wildman–Crippen LogP) is 3.48. The molecule has 3 heterocycles. The fourth-order valence-corrected chi connectivity index (χ4v) is 5.71. The van der Waals surface area contributed by atoms with Gasteiger partial charge in [-0.1, -0.05) is 18.9 Å². The normalized spacial score (nSPS) is 19.0. The number of anilines is 1. The lowest BCUT2D eigenvalue weighted by atomic mass is 10.1. The van der Waals surface area contributed by atoms with E-state index in [0.717, 1.165) is 36.0 Å². The highest BCUT2D eigenvalue weighted by Gasteiger charge is 2.32. The minimum atomic E-state index is -0.241. The first kappa shape index (κ1) is 23.6. The highest BCUT2D eigenvalue weighted by atomic mass is 16.2. The van der Waals surface area contributed by atoms with Crippen LogP contribution in [0.15, 0.2) is 35.4 Å². The number of hydrogen-bond acceptors (Lipinski definition) is 5. The molecule has 2 aromatic heterocycles. The number of carbonyl (C=O) groups is 1.